The standard InChI is InChI=1S/C13H13N3O2S2/c17-20(18,12-2-1-9-19-12)16-11-5-3-10(4-6-11)13-14-7-8-15-13/h1-6,9,16H,7-8H2,(H,14,15). The lowest BCUT2D eigenvalue weighted by atomic mass is 10.2. The van der Waals surface area contributed by atoms with Crippen LogP contribution in [0.1, 0.15) is 5.56 Å². The maximum absolute atomic E-state index is 12.1. The maximum atomic E-state index is 12.1. The molecule has 3 rings (SSSR count). The lowest BCUT2D eigenvalue weighted by Gasteiger charge is -2.07. The normalized spacial score (nSPS) is 14.7. The van der Waals surface area contributed by atoms with Gasteiger partial charge in [-0.15, -0.1) is 11.3 Å². The van der Waals surface area contributed by atoms with Gasteiger partial charge < -0.3 is 5.32 Å². The molecule has 1 aromatic heterocycles. The van der Waals surface area contributed by atoms with E-state index in [-0.39, 0.29) is 0 Å². The largest absolute Gasteiger partial charge is 0.368 e. The Hall–Kier alpha value is -1.86. The summed E-state index contributed by atoms with van der Waals surface area (Å²) >= 11 is 1.19. The molecule has 2 N–H and O–H groups in total. The van der Waals surface area contributed by atoms with E-state index < -0.39 is 10.0 Å². The first-order valence-corrected chi connectivity index (χ1v) is 8.46. The number of aliphatic imine (C=N–C) groups is 1. The van der Waals surface area contributed by atoms with Gasteiger partial charge in [0.05, 0.1) is 6.54 Å². The van der Waals surface area contributed by atoms with Crippen molar-refractivity contribution in [2.45, 2.75) is 4.21 Å². The Balaban J connectivity index is 1.79. The number of benzene rings is 1. The Labute approximate surface area is 121 Å². The molecule has 0 unspecified atom stereocenters. The third-order valence-corrected chi connectivity index (χ3v) is 5.62. The number of anilines is 1. The first-order chi connectivity index (χ1) is 9.65. The molecular formula is C13H13N3O2S2. The summed E-state index contributed by atoms with van der Waals surface area (Å²) in [5.74, 6) is 0.859. The van der Waals surface area contributed by atoms with Crippen LogP contribution < -0.4 is 10.0 Å². The fourth-order valence-electron chi connectivity index (χ4n) is 1.91. The van der Waals surface area contributed by atoms with E-state index in [1.54, 1.807) is 29.6 Å². The van der Waals surface area contributed by atoms with Crippen LogP contribution in [-0.4, -0.2) is 27.3 Å². The number of thiophene rings is 1. The van der Waals surface area contributed by atoms with E-state index in [2.05, 4.69) is 15.0 Å². The molecule has 7 heteroatoms. The minimum atomic E-state index is -3.48. The summed E-state index contributed by atoms with van der Waals surface area (Å²) < 4.78 is 27.0. The minimum Gasteiger partial charge on any atom is -0.368 e. The van der Waals surface area contributed by atoms with Crippen molar-refractivity contribution in [2.24, 2.45) is 4.99 Å². The number of sulfonamides is 1. The number of rotatable bonds is 4. The fourth-order valence-corrected chi connectivity index (χ4v) is 3.96. The van der Waals surface area contributed by atoms with Crippen molar-refractivity contribution < 1.29 is 8.42 Å². The third-order valence-electron chi connectivity index (χ3n) is 2.84. The van der Waals surface area contributed by atoms with Gasteiger partial charge in [-0.05, 0) is 35.7 Å². The van der Waals surface area contributed by atoms with Crippen LogP contribution in [-0.2, 0) is 10.0 Å². The molecule has 0 amide bonds. The van der Waals surface area contributed by atoms with Gasteiger partial charge in [-0.2, -0.15) is 0 Å². The van der Waals surface area contributed by atoms with Crippen LogP contribution in [0.25, 0.3) is 0 Å². The summed E-state index contributed by atoms with van der Waals surface area (Å²) in [5.41, 5.74) is 1.50. The SMILES string of the molecule is O=S(=O)(Nc1ccc(C2=NCCN2)cc1)c1cccs1. The van der Waals surface area contributed by atoms with Gasteiger partial charge in [0.1, 0.15) is 10.0 Å². The van der Waals surface area contributed by atoms with Crippen molar-refractivity contribution in [3.05, 3.63) is 47.3 Å². The summed E-state index contributed by atoms with van der Waals surface area (Å²) in [6.45, 7) is 1.63. The van der Waals surface area contributed by atoms with E-state index in [4.69, 9.17) is 0 Å². The smallest absolute Gasteiger partial charge is 0.271 e. The van der Waals surface area contributed by atoms with Gasteiger partial charge in [-0.25, -0.2) is 8.42 Å². The molecule has 1 aromatic carbocycles. The van der Waals surface area contributed by atoms with Crippen molar-refractivity contribution >= 4 is 32.9 Å². The topological polar surface area (TPSA) is 70.6 Å². The molecular weight excluding hydrogens is 294 g/mol. The molecule has 0 bridgehead atoms. The molecule has 1 aliphatic rings. The lowest BCUT2D eigenvalue weighted by Crippen LogP contribution is -2.19. The lowest BCUT2D eigenvalue weighted by molar-refractivity contribution is 0.603. The van der Waals surface area contributed by atoms with E-state index in [1.807, 2.05) is 12.1 Å². The van der Waals surface area contributed by atoms with Gasteiger partial charge in [0.2, 0.25) is 0 Å². The molecule has 5 nitrogen and oxygen atoms in total. The average Bonchev–Trinajstić information content (AvgIpc) is 3.13. The van der Waals surface area contributed by atoms with E-state index in [9.17, 15) is 8.42 Å². The molecule has 20 heavy (non-hydrogen) atoms. The monoisotopic (exact) mass is 307 g/mol. The van der Waals surface area contributed by atoms with Gasteiger partial charge in [-0.1, -0.05) is 6.07 Å². The van der Waals surface area contributed by atoms with Gasteiger partial charge >= 0.3 is 0 Å². The van der Waals surface area contributed by atoms with E-state index in [1.165, 1.54) is 11.3 Å². The maximum Gasteiger partial charge on any atom is 0.271 e. The second-order valence-corrected chi connectivity index (χ2v) is 7.13. The first kappa shape index (κ1) is 13.1. The molecule has 2 aromatic rings. The highest BCUT2D eigenvalue weighted by atomic mass is 32.2. The van der Waals surface area contributed by atoms with Crippen LogP contribution in [0.15, 0.2) is 51.0 Å². The van der Waals surface area contributed by atoms with Crippen LogP contribution in [0.5, 0.6) is 0 Å². The molecule has 0 spiro atoms. The molecule has 0 radical (unpaired) electrons. The Bertz CT molecular complexity index is 719. The molecule has 0 aliphatic carbocycles. The van der Waals surface area contributed by atoms with Crippen LogP contribution in [0, 0.1) is 0 Å². The van der Waals surface area contributed by atoms with Crippen LogP contribution in [0.2, 0.25) is 0 Å². The second kappa shape index (κ2) is 5.26. The van der Waals surface area contributed by atoms with Gasteiger partial charge in [-0.3, -0.25) is 9.71 Å². The number of nitrogens with zero attached hydrogens (tertiary/aromatic N) is 1. The van der Waals surface area contributed by atoms with Gasteiger partial charge in [0.25, 0.3) is 10.0 Å². The quantitative estimate of drug-likeness (QED) is 0.906. The van der Waals surface area contributed by atoms with Gasteiger partial charge in [0.15, 0.2) is 0 Å². The highest BCUT2D eigenvalue weighted by Crippen LogP contribution is 2.20. The molecule has 104 valence electrons. The third kappa shape index (κ3) is 2.68. The Morgan fingerprint density at radius 3 is 2.60 bits per heavy atom. The number of hydrogen-bond donors (Lipinski definition) is 2. The number of nitrogens with one attached hydrogen (secondary N) is 2. The van der Waals surface area contributed by atoms with E-state index in [0.29, 0.717) is 9.90 Å². The molecule has 1 aliphatic heterocycles. The molecule has 0 saturated heterocycles. The highest BCUT2D eigenvalue weighted by molar-refractivity contribution is 7.94. The average molecular weight is 307 g/mol. The molecule has 2 heterocycles. The zero-order chi connectivity index (χ0) is 14.0. The molecule has 0 atom stereocenters. The van der Waals surface area contributed by atoms with Crippen LogP contribution in [0.3, 0.4) is 0 Å². The first-order valence-electron chi connectivity index (χ1n) is 6.10. The highest BCUT2D eigenvalue weighted by Gasteiger charge is 2.15. The van der Waals surface area contributed by atoms with Crippen LogP contribution in [0.4, 0.5) is 5.69 Å². The van der Waals surface area contributed by atoms with Crippen molar-refractivity contribution in [2.75, 3.05) is 17.8 Å². The van der Waals surface area contributed by atoms with Crippen LogP contribution >= 0.6 is 11.3 Å². The van der Waals surface area contributed by atoms with E-state index in [0.717, 1.165) is 24.5 Å². The molecule has 0 saturated carbocycles. The Morgan fingerprint density at radius 2 is 2.00 bits per heavy atom. The minimum absolute atomic E-state index is 0.309. The zero-order valence-corrected chi connectivity index (χ0v) is 12.2. The summed E-state index contributed by atoms with van der Waals surface area (Å²) in [4.78, 5) is 4.32. The summed E-state index contributed by atoms with van der Waals surface area (Å²) in [6, 6.07) is 10.5. The Kier molecular flexibility index (Phi) is 3.45. The summed E-state index contributed by atoms with van der Waals surface area (Å²) in [5, 5.41) is 4.91. The summed E-state index contributed by atoms with van der Waals surface area (Å²) in [7, 11) is -3.48. The number of amidine groups is 1. The second-order valence-electron chi connectivity index (χ2n) is 4.27. The van der Waals surface area contributed by atoms with E-state index >= 15 is 0 Å². The predicted octanol–water partition coefficient (Wildman–Crippen LogP) is 1.90. The number of hydrogen-bond acceptors (Lipinski definition) is 5. The van der Waals surface area contributed by atoms with Crippen molar-refractivity contribution in [3.8, 4) is 0 Å². The predicted molar refractivity (Wildman–Crippen MR) is 81.0 cm³/mol. The zero-order valence-electron chi connectivity index (χ0n) is 10.5. The van der Waals surface area contributed by atoms with Crippen molar-refractivity contribution in [1.29, 1.82) is 0 Å². The van der Waals surface area contributed by atoms with Crippen molar-refractivity contribution in [1.82, 2.24) is 5.32 Å². The summed E-state index contributed by atoms with van der Waals surface area (Å²) in [6.07, 6.45) is 0. The van der Waals surface area contributed by atoms with Crippen molar-refractivity contribution in [3.63, 3.8) is 0 Å². The fraction of sp³-hybridized carbons (Fsp3) is 0.154. The molecule has 0 fully saturated rings. The Morgan fingerprint density at radius 1 is 1.20 bits per heavy atom. The van der Waals surface area contributed by atoms with Gasteiger partial charge in [0, 0.05) is 17.8 Å².